The number of hydrogen-bond acceptors (Lipinski definition) is 4. The summed E-state index contributed by atoms with van der Waals surface area (Å²) in [5, 5.41) is 6.30. The summed E-state index contributed by atoms with van der Waals surface area (Å²) >= 11 is 0. The van der Waals surface area contributed by atoms with Gasteiger partial charge in [-0.05, 0) is 39.8 Å². The van der Waals surface area contributed by atoms with Crippen molar-refractivity contribution in [2.45, 2.75) is 44.8 Å². The summed E-state index contributed by atoms with van der Waals surface area (Å²) in [5.74, 6) is 0.0981. The summed E-state index contributed by atoms with van der Waals surface area (Å²) < 4.78 is 5.55. The Hall–Kier alpha value is -0.650. The van der Waals surface area contributed by atoms with Crippen LogP contribution in [0.25, 0.3) is 0 Å². The monoisotopic (exact) mass is 269 g/mol. The van der Waals surface area contributed by atoms with Crippen LogP contribution < -0.4 is 10.6 Å². The van der Waals surface area contributed by atoms with Crippen molar-refractivity contribution in [1.29, 1.82) is 0 Å². The van der Waals surface area contributed by atoms with E-state index in [-0.39, 0.29) is 17.6 Å². The van der Waals surface area contributed by atoms with Crippen molar-refractivity contribution in [3.05, 3.63) is 0 Å². The average molecular weight is 269 g/mol. The zero-order valence-electron chi connectivity index (χ0n) is 12.2. The Balaban J connectivity index is 1.69. The molecule has 2 aliphatic rings. The van der Waals surface area contributed by atoms with Gasteiger partial charge in [-0.2, -0.15) is 0 Å². The van der Waals surface area contributed by atoms with E-state index in [4.69, 9.17) is 4.74 Å². The zero-order chi connectivity index (χ0) is 13.7. The highest BCUT2D eigenvalue weighted by molar-refractivity contribution is 5.76. The Morgan fingerprint density at radius 1 is 1.42 bits per heavy atom. The van der Waals surface area contributed by atoms with Gasteiger partial charge in [-0.15, -0.1) is 0 Å². The number of carbonyl (C=O) groups excluding carboxylic acids is 1. The lowest BCUT2D eigenvalue weighted by Crippen LogP contribution is -2.51. The molecule has 0 saturated carbocycles. The molecule has 0 aromatic carbocycles. The van der Waals surface area contributed by atoms with E-state index in [1.54, 1.807) is 0 Å². The number of morpholine rings is 1. The van der Waals surface area contributed by atoms with Crippen molar-refractivity contribution in [3.63, 3.8) is 0 Å². The first-order valence-electron chi connectivity index (χ1n) is 7.42. The first kappa shape index (κ1) is 14.8. The van der Waals surface area contributed by atoms with Crippen LogP contribution in [0.15, 0.2) is 0 Å². The summed E-state index contributed by atoms with van der Waals surface area (Å²) in [6, 6.07) is 0. The summed E-state index contributed by atoms with van der Waals surface area (Å²) in [6.07, 6.45) is 3.05. The van der Waals surface area contributed by atoms with Crippen molar-refractivity contribution in [3.8, 4) is 0 Å². The van der Waals surface area contributed by atoms with E-state index in [1.165, 1.54) is 12.8 Å². The molecule has 0 spiro atoms. The van der Waals surface area contributed by atoms with Crippen molar-refractivity contribution in [2.24, 2.45) is 0 Å². The molecule has 0 aliphatic carbocycles. The molecule has 0 bridgehead atoms. The molecule has 0 aromatic rings. The Morgan fingerprint density at radius 2 is 2.16 bits per heavy atom. The molecule has 1 amide bonds. The second-order valence-electron chi connectivity index (χ2n) is 6.18. The second-order valence-corrected chi connectivity index (χ2v) is 6.18. The molecular formula is C14H27N3O2. The normalized spacial score (nSPS) is 25.5. The van der Waals surface area contributed by atoms with Gasteiger partial charge in [-0.1, -0.05) is 0 Å². The molecule has 5 heteroatoms. The van der Waals surface area contributed by atoms with E-state index in [9.17, 15) is 4.79 Å². The van der Waals surface area contributed by atoms with Crippen LogP contribution in [0, 0.1) is 0 Å². The SMILES string of the molecule is CC(C)(CNC(=O)C[C@H]1CNCCO1)N1CCCC1. The molecule has 2 rings (SSSR count). The maximum Gasteiger partial charge on any atom is 0.222 e. The highest BCUT2D eigenvalue weighted by Gasteiger charge is 2.29. The minimum absolute atomic E-state index is 0.0312. The van der Waals surface area contributed by atoms with Crippen molar-refractivity contribution in [2.75, 3.05) is 39.3 Å². The third-order valence-electron chi connectivity index (χ3n) is 4.10. The fraction of sp³-hybridized carbons (Fsp3) is 0.929. The number of ether oxygens (including phenoxy) is 1. The number of carbonyl (C=O) groups is 1. The highest BCUT2D eigenvalue weighted by Crippen LogP contribution is 2.20. The lowest BCUT2D eigenvalue weighted by atomic mass is 10.0. The topological polar surface area (TPSA) is 53.6 Å². The molecule has 1 atom stereocenters. The van der Waals surface area contributed by atoms with E-state index in [0.717, 1.165) is 26.2 Å². The number of amides is 1. The van der Waals surface area contributed by atoms with Crippen LogP contribution >= 0.6 is 0 Å². The van der Waals surface area contributed by atoms with Gasteiger partial charge in [0.25, 0.3) is 0 Å². The Kier molecular flexibility index (Phi) is 5.19. The van der Waals surface area contributed by atoms with Crippen molar-refractivity contribution in [1.82, 2.24) is 15.5 Å². The molecular weight excluding hydrogens is 242 g/mol. The molecule has 0 unspecified atom stereocenters. The second kappa shape index (κ2) is 6.68. The summed E-state index contributed by atoms with van der Waals surface area (Å²) in [6.45, 7) is 9.80. The van der Waals surface area contributed by atoms with E-state index in [1.807, 2.05) is 0 Å². The van der Waals surface area contributed by atoms with Crippen LogP contribution in [0.5, 0.6) is 0 Å². The molecule has 5 nitrogen and oxygen atoms in total. The largest absolute Gasteiger partial charge is 0.375 e. The third kappa shape index (κ3) is 4.44. The molecule has 2 saturated heterocycles. The highest BCUT2D eigenvalue weighted by atomic mass is 16.5. The first-order chi connectivity index (χ1) is 9.08. The molecule has 19 heavy (non-hydrogen) atoms. The van der Waals surface area contributed by atoms with Gasteiger partial charge in [-0.25, -0.2) is 0 Å². The summed E-state index contributed by atoms with van der Waals surface area (Å²) in [5.41, 5.74) is 0.0534. The minimum Gasteiger partial charge on any atom is -0.375 e. The van der Waals surface area contributed by atoms with E-state index < -0.39 is 0 Å². The smallest absolute Gasteiger partial charge is 0.222 e. The molecule has 2 aliphatic heterocycles. The van der Waals surface area contributed by atoms with Crippen LogP contribution in [0.4, 0.5) is 0 Å². The quantitative estimate of drug-likeness (QED) is 0.756. The number of likely N-dealkylation sites (tertiary alicyclic amines) is 1. The van der Waals surface area contributed by atoms with Gasteiger partial charge in [0.05, 0.1) is 19.1 Å². The molecule has 2 heterocycles. The van der Waals surface area contributed by atoms with Gasteiger partial charge >= 0.3 is 0 Å². The van der Waals surface area contributed by atoms with Gasteiger partial charge in [0.2, 0.25) is 5.91 Å². The van der Waals surface area contributed by atoms with Gasteiger partial charge in [0.1, 0.15) is 0 Å². The Bertz CT molecular complexity index is 295. The maximum atomic E-state index is 11.9. The Morgan fingerprint density at radius 3 is 2.79 bits per heavy atom. The van der Waals surface area contributed by atoms with Crippen LogP contribution in [0.1, 0.15) is 33.1 Å². The van der Waals surface area contributed by atoms with Gasteiger partial charge in [-0.3, -0.25) is 9.69 Å². The van der Waals surface area contributed by atoms with E-state index in [0.29, 0.717) is 19.6 Å². The van der Waals surface area contributed by atoms with E-state index in [2.05, 4.69) is 29.4 Å². The fourth-order valence-corrected chi connectivity index (χ4v) is 2.78. The molecule has 2 fully saturated rings. The lowest BCUT2D eigenvalue weighted by molar-refractivity contribution is -0.125. The zero-order valence-corrected chi connectivity index (χ0v) is 12.2. The van der Waals surface area contributed by atoms with Crippen LogP contribution in [0.3, 0.4) is 0 Å². The number of nitrogens with zero attached hydrogens (tertiary/aromatic N) is 1. The molecule has 2 N–H and O–H groups in total. The third-order valence-corrected chi connectivity index (χ3v) is 4.10. The molecule has 110 valence electrons. The minimum atomic E-state index is 0.0312. The first-order valence-corrected chi connectivity index (χ1v) is 7.42. The van der Waals surface area contributed by atoms with Crippen LogP contribution in [-0.4, -0.2) is 61.8 Å². The summed E-state index contributed by atoms with van der Waals surface area (Å²) in [4.78, 5) is 14.4. The fourth-order valence-electron chi connectivity index (χ4n) is 2.78. The van der Waals surface area contributed by atoms with Crippen LogP contribution in [-0.2, 0) is 9.53 Å². The number of hydrogen-bond donors (Lipinski definition) is 2. The van der Waals surface area contributed by atoms with Gasteiger partial charge in [0, 0.05) is 25.2 Å². The van der Waals surface area contributed by atoms with Crippen molar-refractivity contribution >= 4 is 5.91 Å². The maximum absolute atomic E-state index is 11.9. The van der Waals surface area contributed by atoms with Crippen LogP contribution in [0.2, 0.25) is 0 Å². The molecule has 0 radical (unpaired) electrons. The summed E-state index contributed by atoms with van der Waals surface area (Å²) in [7, 11) is 0. The van der Waals surface area contributed by atoms with Gasteiger partial charge in [0.15, 0.2) is 0 Å². The van der Waals surface area contributed by atoms with E-state index >= 15 is 0 Å². The predicted octanol–water partition coefficient (Wildman–Crippen LogP) is 0.356. The Labute approximate surface area is 116 Å². The average Bonchev–Trinajstić information content (AvgIpc) is 2.92. The standard InChI is InChI=1S/C14H27N3O2/c1-14(2,17-6-3-4-7-17)11-16-13(18)9-12-10-15-5-8-19-12/h12,15H,3-11H2,1-2H3,(H,16,18)/t12-/m0/s1. The number of nitrogens with one attached hydrogen (secondary N) is 2. The van der Waals surface area contributed by atoms with Gasteiger partial charge < -0.3 is 15.4 Å². The number of rotatable bonds is 5. The lowest BCUT2D eigenvalue weighted by Gasteiger charge is -2.35. The van der Waals surface area contributed by atoms with Crippen molar-refractivity contribution < 1.29 is 9.53 Å². The predicted molar refractivity (Wildman–Crippen MR) is 75.1 cm³/mol. The molecule has 0 aromatic heterocycles.